The van der Waals surface area contributed by atoms with Crippen LogP contribution in [0.25, 0.3) is 10.9 Å². The first-order chi connectivity index (χ1) is 15.2. The summed E-state index contributed by atoms with van der Waals surface area (Å²) in [5, 5.41) is 10.2. The number of unbranched alkanes of at least 4 members (excludes halogenated alkanes) is 6. The molecule has 31 heavy (non-hydrogen) atoms. The van der Waals surface area contributed by atoms with Crippen molar-refractivity contribution in [2.45, 2.75) is 84.1 Å². The summed E-state index contributed by atoms with van der Waals surface area (Å²) in [7, 11) is 0. The molecule has 4 nitrogen and oxygen atoms in total. The maximum atomic E-state index is 10.8. The molecule has 4 heteroatoms. The van der Waals surface area contributed by atoms with E-state index in [-0.39, 0.29) is 6.42 Å². The van der Waals surface area contributed by atoms with Gasteiger partial charge >= 0.3 is 5.97 Å². The Bertz CT molecular complexity index is 947. The fraction of sp³-hybridized carbons (Fsp3) is 0.481. The Kier molecular flexibility index (Phi) is 9.14. The molecule has 0 aliphatic rings. The fourth-order valence-electron chi connectivity index (χ4n) is 4.50. The second kappa shape index (κ2) is 12.3. The first-order valence-electron chi connectivity index (χ1n) is 11.9. The number of rotatable bonds is 14. The summed E-state index contributed by atoms with van der Waals surface area (Å²) >= 11 is 0. The van der Waals surface area contributed by atoms with Crippen LogP contribution in [0.1, 0.15) is 81.5 Å². The van der Waals surface area contributed by atoms with Gasteiger partial charge in [0.05, 0.1) is 0 Å². The van der Waals surface area contributed by atoms with E-state index in [0.29, 0.717) is 0 Å². The summed E-state index contributed by atoms with van der Waals surface area (Å²) in [6.07, 6.45) is 15.3. The molecule has 2 heterocycles. The standard InChI is InChI=1S/C27H36N2O2/c1-2-3-4-7-14-23-24-15-10-11-17-26(24)29(21-22-13-12-19-28-20-22)25(23)16-8-5-6-9-18-27(30)31/h10-13,15,17,19-20H,2-9,14,16,18,21H2,1H3,(H,30,31). The highest BCUT2D eigenvalue weighted by molar-refractivity contribution is 5.85. The minimum absolute atomic E-state index is 0.282. The molecule has 1 aromatic carbocycles. The number of pyridine rings is 1. The van der Waals surface area contributed by atoms with Crippen LogP contribution in [0, 0.1) is 0 Å². The Morgan fingerprint density at radius 3 is 2.48 bits per heavy atom. The van der Waals surface area contributed by atoms with Crippen LogP contribution in [-0.2, 0) is 24.2 Å². The van der Waals surface area contributed by atoms with Gasteiger partial charge in [0.1, 0.15) is 0 Å². The third kappa shape index (κ3) is 6.68. The quantitative estimate of drug-likeness (QED) is 0.292. The Hall–Kier alpha value is -2.62. The zero-order chi connectivity index (χ0) is 21.9. The van der Waals surface area contributed by atoms with Crippen LogP contribution in [0.5, 0.6) is 0 Å². The van der Waals surface area contributed by atoms with Gasteiger partial charge in [0.25, 0.3) is 0 Å². The van der Waals surface area contributed by atoms with Crippen molar-refractivity contribution in [1.82, 2.24) is 9.55 Å². The number of aliphatic carboxylic acids is 1. The molecular weight excluding hydrogens is 384 g/mol. The number of carboxylic acid groups (broad SMARTS) is 1. The van der Waals surface area contributed by atoms with E-state index in [4.69, 9.17) is 5.11 Å². The zero-order valence-electron chi connectivity index (χ0n) is 18.9. The van der Waals surface area contributed by atoms with Crippen molar-refractivity contribution >= 4 is 16.9 Å². The van der Waals surface area contributed by atoms with Crippen LogP contribution in [0.3, 0.4) is 0 Å². The van der Waals surface area contributed by atoms with Crippen LogP contribution in [0.4, 0.5) is 0 Å². The Morgan fingerprint density at radius 2 is 1.71 bits per heavy atom. The number of fused-ring (bicyclic) bond motifs is 1. The number of para-hydroxylation sites is 1. The fourth-order valence-corrected chi connectivity index (χ4v) is 4.50. The Balaban J connectivity index is 1.83. The van der Waals surface area contributed by atoms with Crippen LogP contribution in [-0.4, -0.2) is 20.6 Å². The second-order valence-corrected chi connectivity index (χ2v) is 8.51. The number of carboxylic acids is 1. The number of hydrogen-bond acceptors (Lipinski definition) is 2. The lowest BCUT2D eigenvalue weighted by Gasteiger charge is -2.13. The number of aromatic nitrogens is 2. The molecule has 0 atom stereocenters. The van der Waals surface area contributed by atoms with E-state index in [0.717, 1.165) is 45.1 Å². The minimum Gasteiger partial charge on any atom is -0.481 e. The molecule has 0 bridgehead atoms. The average molecular weight is 421 g/mol. The molecule has 0 aliphatic carbocycles. The van der Waals surface area contributed by atoms with Crippen LogP contribution in [0.15, 0.2) is 48.8 Å². The van der Waals surface area contributed by atoms with E-state index in [1.807, 2.05) is 18.5 Å². The summed E-state index contributed by atoms with van der Waals surface area (Å²) in [6, 6.07) is 13.0. The topological polar surface area (TPSA) is 55.1 Å². The normalized spacial score (nSPS) is 11.3. The SMILES string of the molecule is CCCCCCc1c(CCCCCCC(=O)O)n(Cc2cccnc2)c2ccccc12. The number of aryl methyl sites for hydroxylation is 1. The lowest BCUT2D eigenvalue weighted by molar-refractivity contribution is -0.137. The summed E-state index contributed by atoms with van der Waals surface area (Å²) in [5.41, 5.74) is 5.52. The molecule has 0 unspecified atom stereocenters. The third-order valence-electron chi connectivity index (χ3n) is 6.09. The molecule has 166 valence electrons. The molecule has 0 saturated heterocycles. The molecule has 0 aliphatic heterocycles. The van der Waals surface area contributed by atoms with Gasteiger partial charge < -0.3 is 9.67 Å². The lowest BCUT2D eigenvalue weighted by Crippen LogP contribution is -2.07. The van der Waals surface area contributed by atoms with Crippen LogP contribution >= 0.6 is 0 Å². The monoisotopic (exact) mass is 420 g/mol. The maximum absolute atomic E-state index is 10.8. The van der Waals surface area contributed by atoms with Gasteiger partial charge in [-0.25, -0.2) is 0 Å². The molecule has 3 rings (SSSR count). The van der Waals surface area contributed by atoms with Crippen molar-refractivity contribution < 1.29 is 9.90 Å². The highest BCUT2D eigenvalue weighted by atomic mass is 16.4. The number of carbonyl (C=O) groups is 1. The van der Waals surface area contributed by atoms with Gasteiger partial charge in [-0.15, -0.1) is 0 Å². The molecule has 2 aromatic heterocycles. The van der Waals surface area contributed by atoms with E-state index >= 15 is 0 Å². The van der Waals surface area contributed by atoms with Crippen molar-refractivity contribution in [2.24, 2.45) is 0 Å². The summed E-state index contributed by atoms with van der Waals surface area (Å²) < 4.78 is 2.50. The number of hydrogen-bond donors (Lipinski definition) is 1. The summed E-state index contributed by atoms with van der Waals surface area (Å²) in [4.78, 5) is 15.1. The van der Waals surface area contributed by atoms with Crippen molar-refractivity contribution in [3.05, 3.63) is 65.6 Å². The molecule has 0 amide bonds. The molecule has 0 radical (unpaired) electrons. The van der Waals surface area contributed by atoms with Gasteiger partial charge in [-0.05, 0) is 55.4 Å². The van der Waals surface area contributed by atoms with Gasteiger partial charge in [-0.2, -0.15) is 0 Å². The Labute approximate surface area is 186 Å². The minimum atomic E-state index is -0.689. The van der Waals surface area contributed by atoms with Crippen molar-refractivity contribution in [2.75, 3.05) is 0 Å². The van der Waals surface area contributed by atoms with Crippen molar-refractivity contribution in [3.63, 3.8) is 0 Å². The third-order valence-corrected chi connectivity index (χ3v) is 6.09. The predicted octanol–water partition coefficient (Wildman–Crippen LogP) is 6.79. The predicted molar refractivity (Wildman–Crippen MR) is 128 cm³/mol. The van der Waals surface area contributed by atoms with Gasteiger partial charge in [0, 0.05) is 42.0 Å². The van der Waals surface area contributed by atoms with Crippen molar-refractivity contribution in [3.8, 4) is 0 Å². The van der Waals surface area contributed by atoms with Gasteiger partial charge in [0.2, 0.25) is 0 Å². The van der Waals surface area contributed by atoms with Crippen LogP contribution < -0.4 is 0 Å². The van der Waals surface area contributed by atoms with E-state index < -0.39 is 5.97 Å². The largest absolute Gasteiger partial charge is 0.481 e. The lowest BCUT2D eigenvalue weighted by atomic mass is 10.00. The molecule has 1 N–H and O–H groups in total. The second-order valence-electron chi connectivity index (χ2n) is 8.51. The van der Waals surface area contributed by atoms with Gasteiger partial charge in [-0.3, -0.25) is 9.78 Å². The first kappa shape index (κ1) is 23.1. The van der Waals surface area contributed by atoms with E-state index in [1.165, 1.54) is 53.4 Å². The number of nitrogens with zero attached hydrogens (tertiary/aromatic N) is 2. The summed E-state index contributed by atoms with van der Waals surface area (Å²) in [5.74, 6) is -0.689. The number of benzene rings is 1. The zero-order valence-corrected chi connectivity index (χ0v) is 18.9. The molecule has 0 fully saturated rings. The first-order valence-corrected chi connectivity index (χ1v) is 11.9. The average Bonchev–Trinajstić information content (AvgIpc) is 3.07. The molecule has 0 saturated carbocycles. The maximum Gasteiger partial charge on any atom is 0.303 e. The van der Waals surface area contributed by atoms with Gasteiger partial charge in [0.15, 0.2) is 0 Å². The van der Waals surface area contributed by atoms with E-state index in [9.17, 15) is 4.79 Å². The highest BCUT2D eigenvalue weighted by Gasteiger charge is 2.17. The van der Waals surface area contributed by atoms with Gasteiger partial charge in [-0.1, -0.05) is 63.3 Å². The smallest absolute Gasteiger partial charge is 0.303 e. The molecule has 3 aromatic rings. The molecule has 0 spiro atoms. The molecular formula is C27H36N2O2. The van der Waals surface area contributed by atoms with Crippen molar-refractivity contribution in [1.29, 1.82) is 0 Å². The summed E-state index contributed by atoms with van der Waals surface area (Å²) in [6.45, 7) is 3.10. The van der Waals surface area contributed by atoms with E-state index in [1.54, 1.807) is 0 Å². The van der Waals surface area contributed by atoms with E-state index in [2.05, 4.69) is 46.8 Å². The highest BCUT2D eigenvalue weighted by Crippen LogP contribution is 2.30. The Morgan fingerprint density at radius 1 is 0.935 bits per heavy atom. The van der Waals surface area contributed by atoms with Crippen LogP contribution in [0.2, 0.25) is 0 Å².